The van der Waals surface area contributed by atoms with Crippen molar-refractivity contribution in [1.82, 2.24) is 5.32 Å². The van der Waals surface area contributed by atoms with E-state index in [1.165, 1.54) is 11.3 Å². The Hall–Kier alpha value is -1.06. The fraction of sp³-hybridized carbons (Fsp3) is 0.571. The fourth-order valence-electron chi connectivity index (χ4n) is 2.89. The second-order valence-corrected chi connectivity index (χ2v) is 4.87. The first kappa shape index (κ1) is 11.1. The minimum absolute atomic E-state index is 0.486. The molecule has 2 heterocycles. The van der Waals surface area contributed by atoms with Gasteiger partial charge in [0.1, 0.15) is 0 Å². The SMILES string of the molecule is CC1NCCc2c1cccc2N1CCOCC1. The molecule has 3 rings (SSSR count). The molecule has 17 heavy (non-hydrogen) atoms. The van der Waals surface area contributed by atoms with E-state index in [1.807, 2.05) is 0 Å². The molecule has 92 valence electrons. The maximum absolute atomic E-state index is 5.43. The third-order valence-corrected chi connectivity index (χ3v) is 3.83. The number of ether oxygens (including phenoxy) is 1. The van der Waals surface area contributed by atoms with E-state index in [0.717, 1.165) is 39.3 Å². The highest BCUT2D eigenvalue weighted by molar-refractivity contribution is 5.58. The molecule has 1 N–H and O–H groups in total. The predicted molar refractivity (Wildman–Crippen MR) is 69.6 cm³/mol. The van der Waals surface area contributed by atoms with Crippen molar-refractivity contribution in [3.8, 4) is 0 Å². The number of benzene rings is 1. The van der Waals surface area contributed by atoms with E-state index in [1.54, 1.807) is 5.56 Å². The molecule has 1 unspecified atom stereocenters. The summed E-state index contributed by atoms with van der Waals surface area (Å²) in [6, 6.07) is 7.20. The Balaban J connectivity index is 1.96. The first-order chi connectivity index (χ1) is 8.36. The lowest BCUT2D eigenvalue weighted by Crippen LogP contribution is -2.38. The third-order valence-electron chi connectivity index (χ3n) is 3.83. The number of nitrogens with zero attached hydrogens (tertiary/aromatic N) is 1. The van der Waals surface area contributed by atoms with Crippen LogP contribution in [-0.2, 0) is 11.2 Å². The van der Waals surface area contributed by atoms with Gasteiger partial charge in [-0.3, -0.25) is 0 Å². The van der Waals surface area contributed by atoms with Gasteiger partial charge in [-0.05, 0) is 37.1 Å². The Labute approximate surface area is 103 Å². The molecule has 0 saturated carbocycles. The van der Waals surface area contributed by atoms with E-state index in [9.17, 15) is 0 Å². The normalized spacial score (nSPS) is 24.5. The Kier molecular flexibility index (Phi) is 3.04. The molecule has 0 spiro atoms. The van der Waals surface area contributed by atoms with E-state index in [4.69, 9.17) is 4.74 Å². The Morgan fingerprint density at radius 2 is 2.12 bits per heavy atom. The molecule has 0 aromatic heterocycles. The van der Waals surface area contributed by atoms with Crippen molar-refractivity contribution in [2.45, 2.75) is 19.4 Å². The second kappa shape index (κ2) is 4.67. The maximum Gasteiger partial charge on any atom is 0.0642 e. The minimum atomic E-state index is 0.486. The lowest BCUT2D eigenvalue weighted by Gasteiger charge is -2.34. The summed E-state index contributed by atoms with van der Waals surface area (Å²) in [5, 5.41) is 3.53. The molecule has 3 heteroatoms. The summed E-state index contributed by atoms with van der Waals surface area (Å²) >= 11 is 0. The summed E-state index contributed by atoms with van der Waals surface area (Å²) in [4.78, 5) is 2.47. The van der Waals surface area contributed by atoms with Crippen molar-refractivity contribution < 1.29 is 4.74 Å². The molecular weight excluding hydrogens is 212 g/mol. The molecule has 0 radical (unpaired) electrons. The second-order valence-electron chi connectivity index (χ2n) is 4.87. The number of rotatable bonds is 1. The van der Waals surface area contributed by atoms with Crippen molar-refractivity contribution in [2.24, 2.45) is 0 Å². The predicted octanol–water partition coefficient (Wildman–Crippen LogP) is 1.73. The minimum Gasteiger partial charge on any atom is -0.378 e. The van der Waals surface area contributed by atoms with Gasteiger partial charge in [-0.1, -0.05) is 12.1 Å². The van der Waals surface area contributed by atoms with Crippen LogP contribution in [-0.4, -0.2) is 32.8 Å². The van der Waals surface area contributed by atoms with Crippen LogP contribution in [0.5, 0.6) is 0 Å². The van der Waals surface area contributed by atoms with Crippen molar-refractivity contribution in [3.05, 3.63) is 29.3 Å². The monoisotopic (exact) mass is 232 g/mol. The number of anilines is 1. The van der Waals surface area contributed by atoms with E-state index >= 15 is 0 Å². The van der Waals surface area contributed by atoms with Crippen LogP contribution in [0, 0.1) is 0 Å². The van der Waals surface area contributed by atoms with Gasteiger partial charge >= 0.3 is 0 Å². The standard InChI is InChI=1S/C14H20N2O/c1-11-12-3-2-4-14(13(12)5-6-15-11)16-7-9-17-10-8-16/h2-4,11,15H,5-10H2,1H3. The molecule has 1 atom stereocenters. The van der Waals surface area contributed by atoms with Crippen LogP contribution < -0.4 is 10.2 Å². The van der Waals surface area contributed by atoms with Crippen LogP contribution in [0.3, 0.4) is 0 Å². The van der Waals surface area contributed by atoms with Gasteiger partial charge in [-0.2, -0.15) is 0 Å². The molecule has 1 saturated heterocycles. The summed E-state index contributed by atoms with van der Waals surface area (Å²) in [7, 11) is 0. The summed E-state index contributed by atoms with van der Waals surface area (Å²) in [5.74, 6) is 0. The van der Waals surface area contributed by atoms with Gasteiger partial charge in [0, 0.05) is 24.8 Å². The smallest absolute Gasteiger partial charge is 0.0642 e. The summed E-state index contributed by atoms with van der Waals surface area (Å²) < 4.78 is 5.43. The molecule has 1 aromatic carbocycles. The van der Waals surface area contributed by atoms with Crippen LogP contribution in [0.1, 0.15) is 24.1 Å². The van der Waals surface area contributed by atoms with Crippen molar-refractivity contribution in [3.63, 3.8) is 0 Å². The highest BCUT2D eigenvalue weighted by Gasteiger charge is 2.21. The number of hydrogen-bond donors (Lipinski definition) is 1. The van der Waals surface area contributed by atoms with Gasteiger partial charge in [-0.25, -0.2) is 0 Å². The largest absolute Gasteiger partial charge is 0.378 e. The lowest BCUT2D eigenvalue weighted by atomic mass is 9.93. The summed E-state index contributed by atoms with van der Waals surface area (Å²) in [6.07, 6.45) is 1.15. The highest BCUT2D eigenvalue weighted by Crippen LogP contribution is 2.31. The molecular formula is C14H20N2O. The maximum atomic E-state index is 5.43. The molecule has 2 aliphatic heterocycles. The zero-order valence-electron chi connectivity index (χ0n) is 10.4. The van der Waals surface area contributed by atoms with Crippen LogP contribution in [0.15, 0.2) is 18.2 Å². The molecule has 0 aliphatic carbocycles. The third kappa shape index (κ3) is 2.05. The van der Waals surface area contributed by atoms with Crippen molar-refractivity contribution in [2.75, 3.05) is 37.7 Å². The Morgan fingerprint density at radius 1 is 1.29 bits per heavy atom. The topological polar surface area (TPSA) is 24.5 Å². The van der Waals surface area contributed by atoms with Crippen molar-refractivity contribution in [1.29, 1.82) is 0 Å². The van der Waals surface area contributed by atoms with Gasteiger partial charge in [-0.15, -0.1) is 0 Å². The van der Waals surface area contributed by atoms with E-state index < -0.39 is 0 Å². The summed E-state index contributed by atoms with van der Waals surface area (Å²) in [6.45, 7) is 7.11. The molecule has 1 fully saturated rings. The molecule has 3 nitrogen and oxygen atoms in total. The average molecular weight is 232 g/mol. The number of hydrogen-bond acceptors (Lipinski definition) is 3. The van der Waals surface area contributed by atoms with Gasteiger partial charge < -0.3 is 15.0 Å². The van der Waals surface area contributed by atoms with Gasteiger partial charge in [0.15, 0.2) is 0 Å². The van der Waals surface area contributed by atoms with Crippen molar-refractivity contribution >= 4 is 5.69 Å². The number of nitrogens with one attached hydrogen (secondary N) is 1. The molecule has 1 aromatic rings. The first-order valence-electron chi connectivity index (χ1n) is 6.54. The zero-order chi connectivity index (χ0) is 11.7. The Morgan fingerprint density at radius 3 is 2.94 bits per heavy atom. The number of fused-ring (bicyclic) bond motifs is 1. The molecule has 2 aliphatic rings. The summed E-state index contributed by atoms with van der Waals surface area (Å²) in [5.41, 5.74) is 4.44. The Bertz CT molecular complexity index is 399. The zero-order valence-corrected chi connectivity index (χ0v) is 10.4. The number of morpholine rings is 1. The van der Waals surface area contributed by atoms with Crippen LogP contribution >= 0.6 is 0 Å². The van der Waals surface area contributed by atoms with Crippen LogP contribution in [0.4, 0.5) is 5.69 Å². The van der Waals surface area contributed by atoms with E-state index in [2.05, 4.69) is 35.3 Å². The molecule has 0 bridgehead atoms. The quantitative estimate of drug-likeness (QED) is 0.798. The van der Waals surface area contributed by atoms with E-state index in [0.29, 0.717) is 6.04 Å². The lowest BCUT2D eigenvalue weighted by molar-refractivity contribution is 0.122. The van der Waals surface area contributed by atoms with Gasteiger partial charge in [0.2, 0.25) is 0 Å². The van der Waals surface area contributed by atoms with Crippen LogP contribution in [0.2, 0.25) is 0 Å². The van der Waals surface area contributed by atoms with Gasteiger partial charge in [0.05, 0.1) is 13.2 Å². The molecule has 0 amide bonds. The van der Waals surface area contributed by atoms with E-state index in [-0.39, 0.29) is 0 Å². The fourth-order valence-corrected chi connectivity index (χ4v) is 2.89. The van der Waals surface area contributed by atoms with Crippen LogP contribution in [0.25, 0.3) is 0 Å². The average Bonchev–Trinajstić information content (AvgIpc) is 2.40. The highest BCUT2D eigenvalue weighted by atomic mass is 16.5. The van der Waals surface area contributed by atoms with Gasteiger partial charge in [0.25, 0.3) is 0 Å². The first-order valence-corrected chi connectivity index (χ1v) is 6.54.